The molecular weight excluding hydrogens is 494 g/mol. The van der Waals surface area contributed by atoms with Gasteiger partial charge in [-0.05, 0) is 85.6 Å². The molecule has 0 spiro atoms. The number of carbonyl (C=O) groups is 1. The zero-order valence-corrected chi connectivity index (χ0v) is 22.8. The number of methoxy groups -OCH3 is 2. The molecule has 4 aromatic rings. The molecule has 6 heteroatoms. The molecule has 1 aromatic heterocycles. The van der Waals surface area contributed by atoms with Gasteiger partial charge >= 0.3 is 0 Å². The number of hydrogen-bond acceptors (Lipinski definition) is 6. The highest BCUT2D eigenvalue weighted by molar-refractivity contribution is 7.22. The van der Waals surface area contributed by atoms with Gasteiger partial charge < -0.3 is 14.2 Å². The molecule has 2 heterocycles. The monoisotopic (exact) mass is 527 g/mol. The van der Waals surface area contributed by atoms with Gasteiger partial charge in [0.1, 0.15) is 12.4 Å². The Hall–Kier alpha value is -3.61. The molecule has 0 radical (unpaired) electrons. The summed E-state index contributed by atoms with van der Waals surface area (Å²) >= 11 is 1.60. The molecule has 0 aliphatic carbocycles. The Labute approximate surface area is 228 Å². The predicted molar refractivity (Wildman–Crippen MR) is 156 cm³/mol. The van der Waals surface area contributed by atoms with Crippen molar-refractivity contribution in [1.82, 2.24) is 4.90 Å². The summed E-state index contributed by atoms with van der Waals surface area (Å²) in [7, 11) is 3.23. The van der Waals surface area contributed by atoms with Gasteiger partial charge in [-0.15, -0.1) is 11.3 Å². The zero-order valence-electron chi connectivity index (χ0n) is 22.0. The van der Waals surface area contributed by atoms with Crippen molar-refractivity contribution in [3.63, 3.8) is 0 Å². The van der Waals surface area contributed by atoms with E-state index in [1.165, 1.54) is 19.3 Å². The van der Waals surface area contributed by atoms with Crippen LogP contribution in [0.2, 0.25) is 0 Å². The molecule has 1 aliphatic heterocycles. The Bertz CT molecular complexity index is 1430. The number of rotatable bonds is 10. The molecule has 5 rings (SSSR count). The molecule has 1 aliphatic rings. The first kappa shape index (κ1) is 26.0. The first-order valence-corrected chi connectivity index (χ1v) is 13.8. The van der Waals surface area contributed by atoms with E-state index < -0.39 is 0 Å². The first-order chi connectivity index (χ1) is 18.6. The van der Waals surface area contributed by atoms with Crippen LogP contribution in [0.1, 0.15) is 40.7 Å². The van der Waals surface area contributed by atoms with Crippen LogP contribution in [0.25, 0.3) is 26.6 Å². The molecule has 196 valence electrons. The summed E-state index contributed by atoms with van der Waals surface area (Å²) in [5.41, 5.74) is 3.24. The van der Waals surface area contributed by atoms with E-state index in [1.807, 2.05) is 60.7 Å². The van der Waals surface area contributed by atoms with E-state index in [1.54, 1.807) is 25.6 Å². The third kappa shape index (κ3) is 5.47. The second-order valence-corrected chi connectivity index (χ2v) is 10.5. The van der Waals surface area contributed by atoms with E-state index >= 15 is 0 Å². The largest absolute Gasteiger partial charge is 0.493 e. The molecule has 0 bridgehead atoms. The van der Waals surface area contributed by atoms with E-state index in [2.05, 4.69) is 17.5 Å². The van der Waals surface area contributed by atoms with Crippen molar-refractivity contribution in [3.05, 3.63) is 83.9 Å². The quantitative estimate of drug-likeness (QED) is 0.202. The van der Waals surface area contributed by atoms with Crippen LogP contribution in [0.5, 0.6) is 17.2 Å². The highest BCUT2D eigenvalue weighted by Crippen LogP contribution is 2.43. The van der Waals surface area contributed by atoms with Crippen molar-refractivity contribution in [2.45, 2.75) is 19.3 Å². The van der Waals surface area contributed by atoms with Gasteiger partial charge in [0.15, 0.2) is 17.3 Å². The van der Waals surface area contributed by atoms with Crippen LogP contribution in [0.4, 0.5) is 0 Å². The Kier molecular flexibility index (Phi) is 8.11. The lowest BCUT2D eigenvalue weighted by Gasteiger charge is -2.26. The molecule has 0 amide bonds. The predicted octanol–water partition coefficient (Wildman–Crippen LogP) is 7.32. The summed E-state index contributed by atoms with van der Waals surface area (Å²) in [6, 6.07) is 19.4. The standard InChI is InChI=1S/C32H33NO4S/c1-4-22-8-14-26-29(20-22)38-32(24-11-15-27(35-2)28(21-24)36-3)30(26)31(34)23-9-12-25(13-10-23)37-19-18-33-16-6-5-7-17-33/h4,8-15,20-21H,1,5-7,16-19H2,2-3H3. The number of ether oxygens (including phenoxy) is 3. The van der Waals surface area contributed by atoms with Gasteiger partial charge in [-0.1, -0.05) is 31.2 Å². The maximum absolute atomic E-state index is 14.0. The molecule has 1 saturated heterocycles. The molecule has 0 saturated carbocycles. The number of likely N-dealkylation sites (tertiary alicyclic amines) is 1. The Balaban J connectivity index is 1.44. The van der Waals surface area contributed by atoms with Gasteiger partial charge in [0, 0.05) is 32.6 Å². The molecule has 5 nitrogen and oxygen atoms in total. The van der Waals surface area contributed by atoms with Gasteiger partial charge in [-0.3, -0.25) is 9.69 Å². The van der Waals surface area contributed by atoms with E-state index in [9.17, 15) is 4.79 Å². The molecule has 3 aromatic carbocycles. The number of carbonyl (C=O) groups excluding carboxylic acids is 1. The number of ketones is 1. The minimum absolute atomic E-state index is 0.0211. The Morgan fingerprint density at radius 1 is 0.947 bits per heavy atom. The van der Waals surface area contributed by atoms with Crippen LogP contribution < -0.4 is 14.2 Å². The fourth-order valence-electron chi connectivity index (χ4n) is 4.97. The highest BCUT2D eigenvalue weighted by Gasteiger charge is 2.23. The summed E-state index contributed by atoms with van der Waals surface area (Å²) < 4.78 is 18.0. The average Bonchev–Trinajstić information content (AvgIpc) is 3.36. The summed E-state index contributed by atoms with van der Waals surface area (Å²) in [6.07, 6.45) is 5.69. The maximum atomic E-state index is 14.0. The normalized spacial score (nSPS) is 13.8. The van der Waals surface area contributed by atoms with E-state index in [0.717, 1.165) is 51.5 Å². The summed E-state index contributed by atoms with van der Waals surface area (Å²) in [6.45, 7) is 7.79. The van der Waals surface area contributed by atoms with Crippen LogP contribution in [0.15, 0.2) is 67.2 Å². The number of thiophene rings is 1. The van der Waals surface area contributed by atoms with Gasteiger partial charge in [-0.25, -0.2) is 0 Å². The molecule has 0 atom stereocenters. The number of benzene rings is 3. The Morgan fingerprint density at radius 3 is 2.42 bits per heavy atom. The maximum Gasteiger partial charge on any atom is 0.195 e. The van der Waals surface area contributed by atoms with Crippen LogP contribution in [0, 0.1) is 0 Å². The van der Waals surface area contributed by atoms with E-state index in [0.29, 0.717) is 29.2 Å². The fourth-order valence-corrected chi connectivity index (χ4v) is 6.21. The topological polar surface area (TPSA) is 48.0 Å². The molecule has 1 fully saturated rings. The summed E-state index contributed by atoms with van der Waals surface area (Å²) in [5.74, 6) is 2.03. The Morgan fingerprint density at radius 2 is 1.71 bits per heavy atom. The SMILES string of the molecule is C=Cc1ccc2c(C(=O)c3ccc(OCCN4CCCCC4)cc3)c(-c3ccc(OC)c(OC)c3)sc2c1. The van der Waals surface area contributed by atoms with Crippen molar-refractivity contribution in [2.75, 3.05) is 40.5 Å². The molecular formula is C32H33NO4S. The lowest BCUT2D eigenvalue weighted by molar-refractivity contribution is 0.104. The number of fused-ring (bicyclic) bond motifs is 1. The van der Waals surface area contributed by atoms with Crippen molar-refractivity contribution in [3.8, 4) is 27.7 Å². The van der Waals surface area contributed by atoms with Gasteiger partial charge in [0.25, 0.3) is 0 Å². The van der Waals surface area contributed by atoms with Gasteiger partial charge in [0.05, 0.1) is 14.2 Å². The van der Waals surface area contributed by atoms with Crippen molar-refractivity contribution in [1.29, 1.82) is 0 Å². The second kappa shape index (κ2) is 11.8. The third-order valence-corrected chi connectivity index (χ3v) is 8.27. The van der Waals surface area contributed by atoms with Gasteiger partial charge in [-0.2, -0.15) is 0 Å². The zero-order chi connectivity index (χ0) is 26.5. The van der Waals surface area contributed by atoms with Crippen LogP contribution in [-0.4, -0.2) is 51.1 Å². The highest BCUT2D eigenvalue weighted by atomic mass is 32.1. The number of piperidine rings is 1. The second-order valence-electron chi connectivity index (χ2n) is 9.44. The average molecular weight is 528 g/mol. The van der Waals surface area contributed by atoms with Crippen LogP contribution in [-0.2, 0) is 0 Å². The van der Waals surface area contributed by atoms with Crippen LogP contribution in [0.3, 0.4) is 0 Å². The molecule has 0 unspecified atom stereocenters. The van der Waals surface area contributed by atoms with Crippen molar-refractivity contribution in [2.24, 2.45) is 0 Å². The minimum Gasteiger partial charge on any atom is -0.493 e. The minimum atomic E-state index is -0.0211. The van der Waals surface area contributed by atoms with Gasteiger partial charge in [0.2, 0.25) is 0 Å². The van der Waals surface area contributed by atoms with Crippen LogP contribution >= 0.6 is 11.3 Å². The summed E-state index contributed by atoms with van der Waals surface area (Å²) in [5, 5.41) is 0.928. The first-order valence-electron chi connectivity index (χ1n) is 13.0. The number of nitrogens with zero attached hydrogens (tertiary/aromatic N) is 1. The van der Waals surface area contributed by atoms with E-state index in [4.69, 9.17) is 14.2 Å². The molecule has 38 heavy (non-hydrogen) atoms. The van der Waals surface area contributed by atoms with E-state index in [-0.39, 0.29) is 5.78 Å². The third-order valence-electron chi connectivity index (χ3n) is 7.06. The summed E-state index contributed by atoms with van der Waals surface area (Å²) in [4.78, 5) is 17.3. The smallest absolute Gasteiger partial charge is 0.195 e. The fraction of sp³-hybridized carbons (Fsp3) is 0.281. The lowest BCUT2D eigenvalue weighted by atomic mass is 9.97. The van der Waals surface area contributed by atoms with Crippen molar-refractivity contribution >= 4 is 33.3 Å². The molecule has 0 N–H and O–H groups in total. The number of hydrogen-bond donors (Lipinski definition) is 0. The lowest BCUT2D eigenvalue weighted by Crippen LogP contribution is -2.33. The van der Waals surface area contributed by atoms with Crippen molar-refractivity contribution < 1.29 is 19.0 Å².